The highest BCUT2D eigenvalue weighted by Gasteiger charge is 2.28. The number of rotatable bonds is 10. The topological polar surface area (TPSA) is 42.1 Å². The van der Waals surface area contributed by atoms with Crippen LogP contribution in [0.15, 0.2) is 6.20 Å². The van der Waals surface area contributed by atoms with Crippen molar-refractivity contribution in [1.82, 2.24) is 4.98 Å². The van der Waals surface area contributed by atoms with Gasteiger partial charge < -0.3 is 9.72 Å². The quantitative estimate of drug-likeness (QED) is 0.394. The van der Waals surface area contributed by atoms with Crippen LogP contribution in [-0.4, -0.2) is 17.6 Å². The molecule has 1 aliphatic carbocycles. The van der Waals surface area contributed by atoms with Crippen molar-refractivity contribution in [2.45, 2.75) is 90.4 Å². The molecule has 25 heavy (non-hydrogen) atoms. The molecule has 2 rings (SSSR count). The van der Waals surface area contributed by atoms with Gasteiger partial charge in [0, 0.05) is 11.8 Å². The number of nitrogens with one attached hydrogen (secondary N) is 1. The molecule has 1 aliphatic rings. The minimum Gasteiger partial charge on any atom is -0.461 e. The Morgan fingerprint density at radius 2 is 1.80 bits per heavy atom. The van der Waals surface area contributed by atoms with Crippen LogP contribution in [0.25, 0.3) is 0 Å². The molecule has 1 saturated carbocycles. The van der Waals surface area contributed by atoms with Gasteiger partial charge in [0.25, 0.3) is 0 Å². The Kier molecular flexibility index (Phi) is 8.50. The number of hydrogen-bond donors (Lipinski definition) is 1. The van der Waals surface area contributed by atoms with Crippen LogP contribution in [0.2, 0.25) is 0 Å². The Labute approximate surface area is 151 Å². The fourth-order valence-electron chi connectivity index (χ4n) is 4.05. The lowest BCUT2D eigenvalue weighted by atomic mass is 9.77. The van der Waals surface area contributed by atoms with E-state index in [0.717, 1.165) is 18.8 Å². The maximum atomic E-state index is 14.5. The zero-order chi connectivity index (χ0) is 18.1. The van der Waals surface area contributed by atoms with Gasteiger partial charge in [0.2, 0.25) is 0 Å². The number of ether oxygens (including phenoxy) is 1. The van der Waals surface area contributed by atoms with Crippen molar-refractivity contribution >= 4 is 5.97 Å². The van der Waals surface area contributed by atoms with Crippen molar-refractivity contribution in [2.75, 3.05) is 6.61 Å². The Hall–Kier alpha value is -1.32. The first kappa shape index (κ1) is 20.0. The number of carbonyl (C=O) groups excluding carboxylic acids is 1. The summed E-state index contributed by atoms with van der Waals surface area (Å²) in [5.41, 5.74) is 0.645. The molecular formula is C21H34FNO2. The van der Waals surface area contributed by atoms with Crippen molar-refractivity contribution in [2.24, 2.45) is 5.92 Å². The lowest BCUT2D eigenvalue weighted by Crippen LogP contribution is -2.14. The van der Waals surface area contributed by atoms with Crippen LogP contribution in [0.5, 0.6) is 0 Å². The number of unbranched alkanes of at least 4 members (excludes halogenated alkanes) is 5. The van der Waals surface area contributed by atoms with Gasteiger partial charge in [-0.3, -0.25) is 0 Å². The molecule has 1 aromatic rings. The lowest BCUT2D eigenvalue weighted by Gasteiger charge is -2.28. The van der Waals surface area contributed by atoms with Crippen LogP contribution in [0.4, 0.5) is 4.39 Å². The van der Waals surface area contributed by atoms with Gasteiger partial charge in [0.05, 0.1) is 6.61 Å². The molecule has 0 atom stereocenters. The smallest absolute Gasteiger partial charge is 0.357 e. The lowest BCUT2D eigenvalue weighted by molar-refractivity contribution is 0.0514. The van der Waals surface area contributed by atoms with E-state index in [1.54, 1.807) is 13.1 Å². The molecule has 142 valence electrons. The molecule has 0 aliphatic heterocycles. The minimum atomic E-state index is -0.594. The molecule has 4 heteroatoms. The summed E-state index contributed by atoms with van der Waals surface area (Å²) in [6.45, 7) is 4.24. The van der Waals surface area contributed by atoms with Crippen LogP contribution in [-0.2, 0) is 4.74 Å². The average molecular weight is 352 g/mol. The van der Waals surface area contributed by atoms with Crippen LogP contribution in [0.3, 0.4) is 0 Å². The van der Waals surface area contributed by atoms with E-state index in [4.69, 9.17) is 4.74 Å². The first-order chi connectivity index (χ1) is 12.2. The maximum absolute atomic E-state index is 14.5. The first-order valence-corrected chi connectivity index (χ1v) is 10.2. The van der Waals surface area contributed by atoms with Gasteiger partial charge >= 0.3 is 5.97 Å². The number of carbonyl (C=O) groups is 1. The van der Waals surface area contributed by atoms with E-state index in [1.165, 1.54) is 57.8 Å². The molecule has 1 aromatic heterocycles. The summed E-state index contributed by atoms with van der Waals surface area (Å²) in [5.74, 6) is 0.0371. The van der Waals surface area contributed by atoms with Gasteiger partial charge in [-0.05, 0) is 44.4 Å². The molecule has 3 nitrogen and oxygen atoms in total. The van der Waals surface area contributed by atoms with Gasteiger partial charge in [-0.2, -0.15) is 0 Å². The third kappa shape index (κ3) is 5.86. The molecule has 0 aromatic carbocycles. The normalized spacial score (nSPS) is 20.6. The zero-order valence-corrected chi connectivity index (χ0v) is 15.9. The summed E-state index contributed by atoms with van der Waals surface area (Å²) < 4.78 is 19.4. The van der Waals surface area contributed by atoms with E-state index < -0.39 is 11.8 Å². The van der Waals surface area contributed by atoms with Gasteiger partial charge in [-0.1, -0.05) is 51.9 Å². The number of aromatic nitrogens is 1. The van der Waals surface area contributed by atoms with E-state index in [-0.39, 0.29) is 18.2 Å². The third-order valence-corrected chi connectivity index (χ3v) is 5.58. The van der Waals surface area contributed by atoms with Crippen molar-refractivity contribution in [3.63, 3.8) is 0 Å². The highest BCUT2D eigenvalue weighted by molar-refractivity contribution is 5.88. The number of aromatic amines is 1. The van der Waals surface area contributed by atoms with Crippen molar-refractivity contribution in [1.29, 1.82) is 0 Å². The molecule has 0 amide bonds. The molecule has 1 N–H and O–H groups in total. The predicted molar refractivity (Wildman–Crippen MR) is 99.4 cm³/mol. The van der Waals surface area contributed by atoms with E-state index in [0.29, 0.717) is 5.56 Å². The molecule has 1 fully saturated rings. The molecule has 0 spiro atoms. The Morgan fingerprint density at radius 1 is 1.12 bits per heavy atom. The molecule has 0 saturated heterocycles. The standard InChI is InChI=1S/C21H34FNO2/c1-3-5-6-7-8-9-10-16-11-13-17(14-12-16)18-15-23-20(19(18)22)21(24)25-4-2/h15-17,23H,3-14H2,1-2H3/t16-,17-. The van der Waals surface area contributed by atoms with Crippen LogP contribution in [0, 0.1) is 11.7 Å². The second-order valence-electron chi connectivity index (χ2n) is 7.43. The van der Waals surface area contributed by atoms with E-state index in [9.17, 15) is 9.18 Å². The fourth-order valence-corrected chi connectivity index (χ4v) is 4.05. The van der Waals surface area contributed by atoms with Crippen molar-refractivity contribution < 1.29 is 13.9 Å². The SMILES string of the molecule is CCCCCCCC[C@H]1CC[C@H](c2c[nH]c(C(=O)OCC)c2F)CC1. The summed E-state index contributed by atoms with van der Waals surface area (Å²) in [6, 6.07) is 0. The van der Waals surface area contributed by atoms with E-state index in [2.05, 4.69) is 11.9 Å². The maximum Gasteiger partial charge on any atom is 0.357 e. The van der Waals surface area contributed by atoms with Crippen LogP contribution in [0.1, 0.15) is 106 Å². The molecule has 0 unspecified atom stereocenters. The first-order valence-electron chi connectivity index (χ1n) is 10.2. The highest BCUT2D eigenvalue weighted by atomic mass is 19.1. The molecule has 0 radical (unpaired) electrons. The Morgan fingerprint density at radius 3 is 2.48 bits per heavy atom. The van der Waals surface area contributed by atoms with Gasteiger partial charge in [0.1, 0.15) is 0 Å². The van der Waals surface area contributed by atoms with Crippen molar-refractivity contribution in [3.8, 4) is 0 Å². The summed E-state index contributed by atoms with van der Waals surface area (Å²) in [7, 11) is 0. The van der Waals surface area contributed by atoms with Crippen molar-refractivity contribution in [3.05, 3.63) is 23.3 Å². The van der Waals surface area contributed by atoms with Crippen LogP contribution < -0.4 is 0 Å². The predicted octanol–water partition coefficient (Wildman–Crippen LogP) is 6.35. The molecule has 1 heterocycles. The number of esters is 1. The number of H-pyrrole nitrogens is 1. The van der Waals surface area contributed by atoms with Gasteiger partial charge in [-0.25, -0.2) is 9.18 Å². The van der Waals surface area contributed by atoms with Gasteiger partial charge in [0.15, 0.2) is 11.5 Å². The third-order valence-electron chi connectivity index (χ3n) is 5.58. The van der Waals surface area contributed by atoms with Gasteiger partial charge in [-0.15, -0.1) is 0 Å². The summed E-state index contributed by atoms with van der Waals surface area (Å²) >= 11 is 0. The van der Waals surface area contributed by atoms with E-state index >= 15 is 0 Å². The summed E-state index contributed by atoms with van der Waals surface area (Å²) in [5, 5.41) is 0. The minimum absolute atomic E-state index is 0.0222. The average Bonchev–Trinajstić information content (AvgIpc) is 3.00. The van der Waals surface area contributed by atoms with Crippen LogP contribution >= 0.6 is 0 Å². The molecular weight excluding hydrogens is 317 g/mol. The van der Waals surface area contributed by atoms with E-state index in [1.807, 2.05) is 0 Å². The highest BCUT2D eigenvalue weighted by Crippen LogP contribution is 2.39. The Balaban J connectivity index is 1.74. The number of hydrogen-bond acceptors (Lipinski definition) is 2. The second-order valence-corrected chi connectivity index (χ2v) is 7.43. The fraction of sp³-hybridized carbons (Fsp3) is 0.762. The summed E-state index contributed by atoms with van der Waals surface area (Å²) in [4.78, 5) is 14.5. The molecule has 0 bridgehead atoms. The Bertz CT molecular complexity index is 518. The number of halogens is 1. The summed E-state index contributed by atoms with van der Waals surface area (Å²) in [6.07, 6.45) is 15.5. The zero-order valence-electron chi connectivity index (χ0n) is 15.9. The monoisotopic (exact) mass is 351 g/mol. The largest absolute Gasteiger partial charge is 0.461 e. The second kappa shape index (κ2) is 10.6.